The first kappa shape index (κ1) is 9.53. The van der Waals surface area contributed by atoms with Crippen LogP contribution in [0, 0.1) is 5.92 Å². The van der Waals surface area contributed by atoms with Gasteiger partial charge in [0.1, 0.15) is 0 Å². The first-order valence-corrected chi connectivity index (χ1v) is 5.29. The van der Waals surface area contributed by atoms with Crippen molar-refractivity contribution in [1.29, 1.82) is 0 Å². The van der Waals surface area contributed by atoms with Gasteiger partial charge in [-0.05, 0) is 5.57 Å². The minimum absolute atomic E-state index is 0.532. The maximum absolute atomic E-state index is 3.45. The van der Waals surface area contributed by atoms with Gasteiger partial charge < -0.3 is 10.2 Å². The summed E-state index contributed by atoms with van der Waals surface area (Å²) in [5.41, 5.74) is 2.91. The molecule has 0 bridgehead atoms. The highest BCUT2D eigenvalue weighted by Crippen LogP contribution is 2.23. The second kappa shape index (κ2) is 4.01. The van der Waals surface area contributed by atoms with Crippen molar-refractivity contribution in [3.05, 3.63) is 35.6 Å². The van der Waals surface area contributed by atoms with E-state index in [9.17, 15) is 0 Å². The number of hydrogen-bond donors (Lipinski definition) is 1. The Labute approximate surface area is 86.0 Å². The van der Waals surface area contributed by atoms with Crippen LogP contribution in [0.3, 0.4) is 0 Å². The van der Waals surface area contributed by atoms with Gasteiger partial charge in [0.25, 0.3) is 0 Å². The quantitative estimate of drug-likeness (QED) is 0.623. The molecule has 1 unspecified atom stereocenters. The summed E-state index contributed by atoms with van der Waals surface area (Å²) in [5, 5.41) is 3.45. The van der Waals surface area contributed by atoms with Gasteiger partial charge in [-0.3, -0.25) is 0 Å². The molecular weight excluding hydrogens is 172 g/mol. The summed E-state index contributed by atoms with van der Waals surface area (Å²) in [6, 6.07) is 0. The van der Waals surface area contributed by atoms with Crippen LogP contribution >= 0.6 is 0 Å². The van der Waals surface area contributed by atoms with Gasteiger partial charge in [0.05, 0.1) is 0 Å². The molecule has 1 atom stereocenters. The van der Waals surface area contributed by atoms with Crippen molar-refractivity contribution in [2.45, 2.75) is 6.92 Å². The SMILES string of the molecule is CC1C=CC=CC2=C1N(C)CCNC2. The molecule has 1 aliphatic carbocycles. The molecule has 0 aromatic heterocycles. The summed E-state index contributed by atoms with van der Waals surface area (Å²) >= 11 is 0. The van der Waals surface area contributed by atoms with Crippen molar-refractivity contribution in [2.24, 2.45) is 5.92 Å². The zero-order valence-electron chi connectivity index (χ0n) is 8.96. The third kappa shape index (κ3) is 1.75. The topological polar surface area (TPSA) is 15.3 Å². The van der Waals surface area contributed by atoms with Crippen LogP contribution in [-0.2, 0) is 0 Å². The van der Waals surface area contributed by atoms with Crippen LogP contribution in [0.25, 0.3) is 0 Å². The van der Waals surface area contributed by atoms with Crippen LogP contribution in [-0.4, -0.2) is 31.6 Å². The largest absolute Gasteiger partial charge is 0.376 e. The zero-order valence-corrected chi connectivity index (χ0v) is 8.96. The molecule has 0 aromatic carbocycles. The van der Waals surface area contributed by atoms with Crippen LogP contribution in [0.1, 0.15) is 6.92 Å². The van der Waals surface area contributed by atoms with Crippen molar-refractivity contribution in [2.75, 3.05) is 26.7 Å². The maximum atomic E-state index is 3.45. The predicted octanol–water partition coefficient (Wildman–Crippen LogP) is 1.54. The number of likely N-dealkylation sites (N-methyl/N-ethyl adjacent to an activating group) is 1. The minimum Gasteiger partial charge on any atom is -0.376 e. The van der Waals surface area contributed by atoms with E-state index in [-0.39, 0.29) is 0 Å². The van der Waals surface area contributed by atoms with E-state index in [0.29, 0.717) is 5.92 Å². The lowest BCUT2D eigenvalue weighted by atomic mass is 10.0. The first-order valence-electron chi connectivity index (χ1n) is 5.29. The highest BCUT2D eigenvalue weighted by molar-refractivity contribution is 5.35. The Kier molecular flexibility index (Phi) is 2.73. The molecule has 2 nitrogen and oxygen atoms in total. The summed E-state index contributed by atoms with van der Waals surface area (Å²) < 4.78 is 0. The number of nitrogens with one attached hydrogen (secondary N) is 1. The van der Waals surface area contributed by atoms with E-state index in [1.165, 1.54) is 11.3 Å². The molecule has 76 valence electrons. The molecule has 0 aromatic rings. The van der Waals surface area contributed by atoms with E-state index in [1.807, 2.05) is 0 Å². The highest BCUT2D eigenvalue weighted by atomic mass is 15.1. The molecule has 0 radical (unpaired) electrons. The van der Waals surface area contributed by atoms with Gasteiger partial charge in [-0.2, -0.15) is 0 Å². The van der Waals surface area contributed by atoms with Crippen LogP contribution in [0.4, 0.5) is 0 Å². The molecule has 0 spiro atoms. The molecular formula is C12H18N2. The zero-order chi connectivity index (χ0) is 9.97. The van der Waals surface area contributed by atoms with Crippen molar-refractivity contribution >= 4 is 0 Å². The van der Waals surface area contributed by atoms with E-state index in [2.05, 4.69) is 48.5 Å². The standard InChI is InChI=1S/C12H18N2/c1-10-5-3-4-6-11-9-13-7-8-14(2)12(10)11/h3-6,10,13H,7-9H2,1-2H3. The average molecular weight is 190 g/mol. The highest BCUT2D eigenvalue weighted by Gasteiger charge is 2.18. The van der Waals surface area contributed by atoms with Crippen LogP contribution < -0.4 is 5.32 Å². The normalized spacial score (nSPS) is 27.3. The fraction of sp³-hybridized carbons (Fsp3) is 0.500. The van der Waals surface area contributed by atoms with E-state index in [4.69, 9.17) is 0 Å². The Morgan fingerprint density at radius 3 is 3.14 bits per heavy atom. The Morgan fingerprint density at radius 2 is 2.29 bits per heavy atom. The summed E-state index contributed by atoms with van der Waals surface area (Å²) in [7, 11) is 2.19. The number of nitrogens with zero attached hydrogens (tertiary/aromatic N) is 1. The predicted molar refractivity (Wildman–Crippen MR) is 60.0 cm³/mol. The van der Waals surface area contributed by atoms with Gasteiger partial charge in [0.2, 0.25) is 0 Å². The third-order valence-electron chi connectivity index (χ3n) is 2.92. The Hall–Kier alpha value is -1.02. The maximum Gasteiger partial charge on any atom is 0.0297 e. The van der Waals surface area contributed by atoms with Crippen molar-refractivity contribution in [3.63, 3.8) is 0 Å². The van der Waals surface area contributed by atoms with Gasteiger partial charge in [0.15, 0.2) is 0 Å². The summed E-state index contributed by atoms with van der Waals surface area (Å²) in [5.74, 6) is 0.532. The fourth-order valence-corrected chi connectivity index (χ4v) is 2.20. The van der Waals surface area contributed by atoms with Crippen LogP contribution in [0.5, 0.6) is 0 Å². The third-order valence-corrected chi connectivity index (χ3v) is 2.92. The molecule has 2 aliphatic rings. The van der Waals surface area contributed by atoms with E-state index < -0.39 is 0 Å². The Morgan fingerprint density at radius 1 is 1.43 bits per heavy atom. The molecule has 1 heterocycles. The molecule has 1 aliphatic heterocycles. The average Bonchev–Trinajstić information content (AvgIpc) is 2.44. The molecule has 0 saturated carbocycles. The molecule has 0 fully saturated rings. The molecule has 0 amide bonds. The van der Waals surface area contributed by atoms with Gasteiger partial charge in [-0.1, -0.05) is 31.2 Å². The lowest BCUT2D eigenvalue weighted by molar-refractivity contribution is 0.392. The monoisotopic (exact) mass is 190 g/mol. The second-order valence-electron chi connectivity index (χ2n) is 4.04. The molecule has 2 rings (SSSR count). The lowest BCUT2D eigenvalue weighted by Crippen LogP contribution is -2.26. The van der Waals surface area contributed by atoms with Gasteiger partial charge in [-0.15, -0.1) is 0 Å². The Balaban J connectivity index is 2.37. The summed E-state index contributed by atoms with van der Waals surface area (Å²) in [4.78, 5) is 2.38. The molecule has 1 N–H and O–H groups in total. The summed E-state index contributed by atoms with van der Waals surface area (Å²) in [6.45, 7) is 5.45. The van der Waals surface area contributed by atoms with Crippen molar-refractivity contribution in [1.82, 2.24) is 10.2 Å². The van der Waals surface area contributed by atoms with Gasteiger partial charge in [0, 0.05) is 38.3 Å². The van der Waals surface area contributed by atoms with E-state index in [1.54, 1.807) is 0 Å². The number of rotatable bonds is 0. The number of allylic oxidation sites excluding steroid dienone is 3. The number of hydrogen-bond acceptors (Lipinski definition) is 2. The molecule has 2 heteroatoms. The van der Waals surface area contributed by atoms with Gasteiger partial charge in [-0.25, -0.2) is 0 Å². The first-order chi connectivity index (χ1) is 6.79. The minimum atomic E-state index is 0.532. The second-order valence-corrected chi connectivity index (χ2v) is 4.04. The van der Waals surface area contributed by atoms with Gasteiger partial charge >= 0.3 is 0 Å². The summed E-state index contributed by atoms with van der Waals surface area (Å²) in [6.07, 6.45) is 8.78. The van der Waals surface area contributed by atoms with Crippen LogP contribution in [0.2, 0.25) is 0 Å². The van der Waals surface area contributed by atoms with E-state index >= 15 is 0 Å². The molecule has 0 saturated heterocycles. The Bertz CT molecular complexity index is 299. The fourth-order valence-electron chi connectivity index (χ4n) is 2.20. The van der Waals surface area contributed by atoms with Crippen molar-refractivity contribution < 1.29 is 0 Å². The lowest BCUT2D eigenvalue weighted by Gasteiger charge is -2.25. The van der Waals surface area contributed by atoms with E-state index in [0.717, 1.165) is 19.6 Å². The van der Waals surface area contributed by atoms with Crippen LogP contribution in [0.15, 0.2) is 35.6 Å². The van der Waals surface area contributed by atoms with Crippen molar-refractivity contribution in [3.8, 4) is 0 Å². The smallest absolute Gasteiger partial charge is 0.0297 e. The molecule has 14 heavy (non-hydrogen) atoms.